The summed E-state index contributed by atoms with van der Waals surface area (Å²) in [7, 11) is 0.335. The van der Waals surface area contributed by atoms with Gasteiger partial charge in [-0.05, 0) is 24.2 Å². The summed E-state index contributed by atoms with van der Waals surface area (Å²) in [6.45, 7) is 8.90. The minimum absolute atomic E-state index is 0.0255. The van der Waals surface area contributed by atoms with E-state index in [1.54, 1.807) is 19.4 Å². The summed E-state index contributed by atoms with van der Waals surface area (Å²) in [6.07, 6.45) is -2.81. The van der Waals surface area contributed by atoms with E-state index in [4.69, 9.17) is 14.2 Å². The molecule has 3 aromatic rings. The quantitative estimate of drug-likeness (QED) is 0.277. The molecule has 38 heavy (non-hydrogen) atoms. The summed E-state index contributed by atoms with van der Waals surface area (Å²) in [5, 5.41) is 3.91. The van der Waals surface area contributed by atoms with Crippen molar-refractivity contribution in [3.05, 3.63) is 53.9 Å². The highest BCUT2D eigenvalue weighted by Crippen LogP contribution is 2.41. The molecule has 5 rings (SSSR count). The zero-order chi connectivity index (χ0) is 27.1. The van der Waals surface area contributed by atoms with Gasteiger partial charge in [-0.25, -0.2) is 4.98 Å². The maximum Gasteiger partial charge on any atom is 0.431 e. The van der Waals surface area contributed by atoms with Crippen LogP contribution in [-0.4, -0.2) is 68.1 Å². The second kappa shape index (κ2) is 10.5. The van der Waals surface area contributed by atoms with Crippen LogP contribution in [0.3, 0.4) is 0 Å². The summed E-state index contributed by atoms with van der Waals surface area (Å²) >= 11 is 0. The number of anilines is 1. The summed E-state index contributed by atoms with van der Waals surface area (Å²) in [6, 6.07) is 11.2. The first-order valence-electron chi connectivity index (χ1n) is 12.9. The Labute approximate surface area is 221 Å². The van der Waals surface area contributed by atoms with Gasteiger partial charge < -0.3 is 24.1 Å². The SMILES string of the molecule is COC1CN([C@H]2COc3ccccc3[C@@H]2Nc2nccc3c2cc(C(F)(F)F)n3COCC[Si](C)(C)C)C1. The number of para-hydroxylation sites is 1. The largest absolute Gasteiger partial charge is 0.491 e. The van der Waals surface area contributed by atoms with Gasteiger partial charge in [0.2, 0.25) is 0 Å². The molecule has 2 aromatic heterocycles. The molecule has 0 spiro atoms. The van der Waals surface area contributed by atoms with Crippen LogP contribution in [0.5, 0.6) is 5.75 Å². The molecule has 0 aliphatic carbocycles. The van der Waals surface area contributed by atoms with Crippen LogP contribution in [0.2, 0.25) is 25.7 Å². The van der Waals surface area contributed by atoms with Crippen LogP contribution < -0.4 is 10.1 Å². The summed E-state index contributed by atoms with van der Waals surface area (Å²) in [4.78, 5) is 6.78. The lowest BCUT2D eigenvalue weighted by molar-refractivity contribution is -0.145. The summed E-state index contributed by atoms with van der Waals surface area (Å²) in [5.74, 6) is 1.17. The number of halogens is 3. The Morgan fingerprint density at radius 2 is 1.92 bits per heavy atom. The van der Waals surface area contributed by atoms with E-state index >= 15 is 0 Å². The zero-order valence-electron chi connectivity index (χ0n) is 22.2. The van der Waals surface area contributed by atoms with E-state index in [0.717, 1.165) is 30.4 Å². The van der Waals surface area contributed by atoms with Crippen LogP contribution >= 0.6 is 0 Å². The van der Waals surface area contributed by atoms with Crippen molar-refractivity contribution < 1.29 is 27.4 Å². The molecule has 1 fully saturated rings. The Morgan fingerprint density at radius 1 is 1.16 bits per heavy atom. The molecule has 1 saturated heterocycles. The van der Waals surface area contributed by atoms with Crippen LogP contribution in [0.1, 0.15) is 17.3 Å². The van der Waals surface area contributed by atoms with E-state index in [1.807, 2.05) is 24.3 Å². The van der Waals surface area contributed by atoms with E-state index in [2.05, 4.69) is 34.8 Å². The highest BCUT2D eigenvalue weighted by atomic mass is 28.3. The van der Waals surface area contributed by atoms with Gasteiger partial charge in [-0.15, -0.1) is 0 Å². The van der Waals surface area contributed by atoms with Crippen LogP contribution in [0.15, 0.2) is 42.6 Å². The lowest BCUT2D eigenvalue weighted by Crippen LogP contribution is -2.60. The Bertz CT molecular complexity index is 1270. The van der Waals surface area contributed by atoms with Crippen molar-refractivity contribution in [1.82, 2.24) is 14.5 Å². The van der Waals surface area contributed by atoms with Gasteiger partial charge in [0.1, 0.15) is 30.6 Å². The number of hydrogen-bond donors (Lipinski definition) is 1. The van der Waals surface area contributed by atoms with E-state index < -0.39 is 19.9 Å². The fourth-order valence-corrected chi connectivity index (χ4v) is 5.84. The highest BCUT2D eigenvalue weighted by Gasteiger charge is 2.41. The first kappa shape index (κ1) is 27.0. The van der Waals surface area contributed by atoms with Gasteiger partial charge in [0.25, 0.3) is 0 Å². The number of ether oxygens (including phenoxy) is 3. The van der Waals surface area contributed by atoms with Gasteiger partial charge in [0, 0.05) is 52.0 Å². The minimum Gasteiger partial charge on any atom is -0.491 e. The smallest absolute Gasteiger partial charge is 0.431 e. The predicted octanol–water partition coefficient (Wildman–Crippen LogP) is 5.61. The van der Waals surface area contributed by atoms with Crippen molar-refractivity contribution in [3.8, 4) is 5.75 Å². The summed E-state index contributed by atoms with van der Waals surface area (Å²) in [5.41, 5.74) is 0.642. The molecular formula is C27H35F3N4O3Si. The van der Waals surface area contributed by atoms with Gasteiger partial charge in [-0.2, -0.15) is 13.2 Å². The molecular weight excluding hydrogens is 513 g/mol. The molecule has 0 radical (unpaired) electrons. The Hall–Kier alpha value is -2.60. The van der Waals surface area contributed by atoms with Crippen LogP contribution in [0, 0.1) is 0 Å². The minimum atomic E-state index is -4.53. The van der Waals surface area contributed by atoms with Crippen LogP contribution in [0.4, 0.5) is 19.0 Å². The van der Waals surface area contributed by atoms with Crippen molar-refractivity contribution >= 4 is 24.8 Å². The molecule has 7 nitrogen and oxygen atoms in total. The molecule has 2 atom stereocenters. The molecule has 1 aromatic carbocycles. The number of benzene rings is 1. The number of nitrogens with zero attached hydrogens (tertiary/aromatic N) is 3. The van der Waals surface area contributed by atoms with E-state index in [1.165, 1.54) is 10.6 Å². The second-order valence-electron chi connectivity index (χ2n) is 11.2. The average molecular weight is 549 g/mol. The van der Waals surface area contributed by atoms with Gasteiger partial charge in [0.05, 0.1) is 23.7 Å². The first-order chi connectivity index (χ1) is 18.0. The fraction of sp³-hybridized carbons (Fsp3) is 0.519. The molecule has 0 bridgehead atoms. The molecule has 0 unspecified atom stereocenters. The maximum absolute atomic E-state index is 14.1. The monoisotopic (exact) mass is 548 g/mol. The molecule has 1 N–H and O–H groups in total. The lowest BCUT2D eigenvalue weighted by Gasteiger charge is -2.48. The standard InChI is InChI=1S/C27H35F3N4O3Si/c1-35-18-14-33(15-18)22-16-37-23-8-6-5-7-19(23)25(22)32-26-20-13-24(27(28,29)30)34(21(20)9-10-31-26)17-36-11-12-38(2,3)4/h5-10,13,18,22,25H,11-12,14-17H2,1-4H3,(H,31,32)/t22-,25-/m0/s1. The number of nitrogens with one attached hydrogen (secondary N) is 1. The normalized spacial score (nSPS) is 20.7. The van der Waals surface area contributed by atoms with Gasteiger partial charge >= 0.3 is 6.18 Å². The van der Waals surface area contributed by atoms with Gasteiger partial charge in [-0.1, -0.05) is 37.8 Å². The molecule has 2 aliphatic heterocycles. The third-order valence-corrected chi connectivity index (χ3v) is 9.06. The number of aromatic nitrogens is 2. The number of rotatable bonds is 9. The van der Waals surface area contributed by atoms with Crippen LogP contribution in [-0.2, 0) is 22.4 Å². The molecule has 0 saturated carbocycles. The van der Waals surface area contributed by atoms with Gasteiger partial charge in [-0.3, -0.25) is 4.90 Å². The lowest BCUT2D eigenvalue weighted by atomic mass is 9.92. The second-order valence-corrected chi connectivity index (χ2v) is 16.9. The Kier molecular flexibility index (Phi) is 7.47. The number of alkyl halides is 3. The van der Waals surface area contributed by atoms with E-state index in [9.17, 15) is 13.2 Å². The molecule has 206 valence electrons. The van der Waals surface area contributed by atoms with E-state index in [-0.39, 0.29) is 24.9 Å². The summed E-state index contributed by atoms with van der Waals surface area (Å²) < 4.78 is 60.8. The molecule has 11 heteroatoms. The highest BCUT2D eigenvalue weighted by molar-refractivity contribution is 6.76. The first-order valence-corrected chi connectivity index (χ1v) is 16.6. The number of likely N-dealkylation sites (tertiary alicyclic amines) is 1. The van der Waals surface area contributed by atoms with Gasteiger partial charge in [0.15, 0.2) is 0 Å². The third kappa shape index (κ3) is 5.56. The molecule has 2 aliphatic rings. The number of hydrogen-bond acceptors (Lipinski definition) is 6. The average Bonchev–Trinajstić information content (AvgIpc) is 3.22. The predicted molar refractivity (Wildman–Crippen MR) is 143 cm³/mol. The zero-order valence-corrected chi connectivity index (χ0v) is 23.2. The van der Waals surface area contributed by atoms with Crippen molar-refractivity contribution in [2.24, 2.45) is 0 Å². The Morgan fingerprint density at radius 3 is 2.63 bits per heavy atom. The fourth-order valence-electron chi connectivity index (χ4n) is 5.08. The third-order valence-electron chi connectivity index (χ3n) is 7.36. The molecule has 4 heterocycles. The van der Waals surface area contributed by atoms with Crippen molar-refractivity contribution in [1.29, 1.82) is 0 Å². The maximum atomic E-state index is 14.1. The van der Waals surface area contributed by atoms with Crippen LogP contribution in [0.25, 0.3) is 10.9 Å². The van der Waals surface area contributed by atoms with E-state index in [0.29, 0.717) is 29.9 Å². The topological polar surface area (TPSA) is 60.8 Å². The number of methoxy groups -OCH3 is 1. The van der Waals surface area contributed by atoms with Crippen molar-refractivity contribution in [2.75, 3.05) is 38.7 Å². The molecule has 0 amide bonds. The van der Waals surface area contributed by atoms with Crippen molar-refractivity contribution in [3.63, 3.8) is 0 Å². The number of fused-ring (bicyclic) bond motifs is 2. The van der Waals surface area contributed by atoms with Crippen molar-refractivity contribution in [2.45, 2.75) is 56.8 Å². The Balaban J connectivity index is 1.48. The number of pyridine rings is 1.